The van der Waals surface area contributed by atoms with Gasteiger partial charge < -0.3 is 9.88 Å². The molecule has 2 rings (SSSR count). The third kappa shape index (κ3) is 2.23. The van der Waals surface area contributed by atoms with E-state index in [1.54, 1.807) is 0 Å². The Kier molecular flexibility index (Phi) is 2.83. The van der Waals surface area contributed by atoms with Gasteiger partial charge in [0, 0.05) is 25.8 Å². The van der Waals surface area contributed by atoms with Gasteiger partial charge in [-0.3, -0.25) is 0 Å². The molecule has 1 aromatic heterocycles. The van der Waals surface area contributed by atoms with E-state index in [1.807, 2.05) is 19.6 Å². The number of rotatable bonds is 3. The lowest BCUT2D eigenvalue weighted by atomic mass is 9.87. The molecule has 1 saturated carbocycles. The fraction of sp³-hybridized carbons (Fsp3) is 0.750. The Morgan fingerprint density at radius 1 is 1.60 bits per heavy atom. The van der Waals surface area contributed by atoms with E-state index in [9.17, 15) is 0 Å². The summed E-state index contributed by atoms with van der Waals surface area (Å²) in [7, 11) is 2.05. The molecule has 0 bridgehead atoms. The van der Waals surface area contributed by atoms with Gasteiger partial charge in [-0.2, -0.15) is 0 Å². The van der Waals surface area contributed by atoms with E-state index in [0.29, 0.717) is 11.5 Å². The van der Waals surface area contributed by atoms with Crippen LogP contribution in [0.4, 0.5) is 0 Å². The van der Waals surface area contributed by atoms with Crippen molar-refractivity contribution in [2.75, 3.05) is 0 Å². The Morgan fingerprint density at radius 2 is 2.40 bits per heavy atom. The van der Waals surface area contributed by atoms with Crippen molar-refractivity contribution in [2.45, 2.75) is 45.7 Å². The molecule has 0 radical (unpaired) electrons. The van der Waals surface area contributed by atoms with Crippen molar-refractivity contribution < 1.29 is 0 Å². The molecule has 1 fully saturated rings. The van der Waals surface area contributed by atoms with Crippen molar-refractivity contribution in [3.63, 3.8) is 0 Å². The highest BCUT2D eigenvalue weighted by atomic mass is 15.1. The maximum atomic E-state index is 4.13. The summed E-state index contributed by atoms with van der Waals surface area (Å²) in [5, 5.41) is 3.65. The zero-order valence-corrected chi connectivity index (χ0v) is 9.95. The number of imidazole rings is 1. The SMILES string of the molecule is Cn1cncc1CNC1CCCC1(C)C. The van der Waals surface area contributed by atoms with Gasteiger partial charge in [-0.25, -0.2) is 4.98 Å². The van der Waals surface area contributed by atoms with Crippen LogP contribution < -0.4 is 5.32 Å². The molecular formula is C12H21N3. The van der Waals surface area contributed by atoms with E-state index in [-0.39, 0.29) is 0 Å². The minimum atomic E-state index is 0.457. The highest BCUT2D eigenvalue weighted by Gasteiger charge is 2.33. The van der Waals surface area contributed by atoms with Crippen molar-refractivity contribution in [1.29, 1.82) is 0 Å². The Bertz CT molecular complexity index is 327. The highest BCUT2D eigenvalue weighted by molar-refractivity contribution is 4.99. The molecule has 0 spiro atoms. The van der Waals surface area contributed by atoms with Crippen LogP contribution in [0.25, 0.3) is 0 Å². The number of hydrogen-bond donors (Lipinski definition) is 1. The Hall–Kier alpha value is -0.830. The highest BCUT2D eigenvalue weighted by Crippen LogP contribution is 2.37. The molecule has 3 heteroatoms. The van der Waals surface area contributed by atoms with Crippen LogP contribution in [-0.2, 0) is 13.6 Å². The zero-order valence-electron chi connectivity index (χ0n) is 9.95. The maximum Gasteiger partial charge on any atom is 0.0945 e. The molecule has 1 heterocycles. The molecule has 1 atom stereocenters. The van der Waals surface area contributed by atoms with Gasteiger partial charge in [-0.15, -0.1) is 0 Å². The van der Waals surface area contributed by atoms with Crippen LogP contribution in [0.2, 0.25) is 0 Å². The average molecular weight is 207 g/mol. The van der Waals surface area contributed by atoms with Crippen molar-refractivity contribution in [1.82, 2.24) is 14.9 Å². The molecule has 1 aliphatic rings. The van der Waals surface area contributed by atoms with E-state index < -0.39 is 0 Å². The standard InChI is InChI=1S/C12H21N3/c1-12(2)6-4-5-11(12)14-8-10-7-13-9-15(10)3/h7,9,11,14H,4-6,8H2,1-3H3. The predicted octanol–water partition coefficient (Wildman–Crippen LogP) is 2.09. The lowest BCUT2D eigenvalue weighted by Crippen LogP contribution is -2.37. The second-order valence-electron chi connectivity index (χ2n) is 5.31. The second-order valence-corrected chi connectivity index (χ2v) is 5.31. The number of aromatic nitrogens is 2. The lowest BCUT2D eigenvalue weighted by molar-refractivity contribution is 0.281. The Balaban J connectivity index is 1.91. The van der Waals surface area contributed by atoms with E-state index in [1.165, 1.54) is 25.0 Å². The van der Waals surface area contributed by atoms with Crippen LogP contribution in [0.15, 0.2) is 12.5 Å². The minimum Gasteiger partial charge on any atom is -0.337 e. The molecule has 1 N–H and O–H groups in total. The lowest BCUT2D eigenvalue weighted by Gasteiger charge is -2.27. The summed E-state index contributed by atoms with van der Waals surface area (Å²) in [6.45, 7) is 5.66. The van der Waals surface area contributed by atoms with Crippen LogP contribution in [0, 0.1) is 5.41 Å². The third-order valence-electron chi connectivity index (χ3n) is 3.70. The van der Waals surface area contributed by atoms with Crippen molar-refractivity contribution in [3.05, 3.63) is 18.2 Å². The van der Waals surface area contributed by atoms with Gasteiger partial charge in [0.2, 0.25) is 0 Å². The third-order valence-corrected chi connectivity index (χ3v) is 3.70. The van der Waals surface area contributed by atoms with Crippen molar-refractivity contribution in [2.24, 2.45) is 12.5 Å². The molecule has 1 aromatic rings. The molecular weight excluding hydrogens is 186 g/mol. The Morgan fingerprint density at radius 3 is 2.93 bits per heavy atom. The first-order valence-corrected chi connectivity index (χ1v) is 5.78. The quantitative estimate of drug-likeness (QED) is 0.822. The molecule has 0 saturated heterocycles. The fourth-order valence-electron chi connectivity index (χ4n) is 2.49. The van der Waals surface area contributed by atoms with Crippen molar-refractivity contribution in [3.8, 4) is 0 Å². The summed E-state index contributed by atoms with van der Waals surface area (Å²) < 4.78 is 2.08. The van der Waals surface area contributed by atoms with Gasteiger partial charge >= 0.3 is 0 Å². The maximum absolute atomic E-state index is 4.13. The molecule has 15 heavy (non-hydrogen) atoms. The zero-order chi connectivity index (χ0) is 10.9. The summed E-state index contributed by atoms with van der Waals surface area (Å²) in [5.74, 6) is 0. The molecule has 3 nitrogen and oxygen atoms in total. The van der Waals surface area contributed by atoms with Gasteiger partial charge in [-0.05, 0) is 18.3 Å². The first kappa shape index (κ1) is 10.7. The van der Waals surface area contributed by atoms with Gasteiger partial charge in [-0.1, -0.05) is 20.3 Å². The molecule has 0 aliphatic heterocycles. The van der Waals surface area contributed by atoms with Crippen LogP contribution in [-0.4, -0.2) is 15.6 Å². The molecule has 84 valence electrons. The fourth-order valence-corrected chi connectivity index (χ4v) is 2.49. The average Bonchev–Trinajstić information content (AvgIpc) is 2.69. The van der Waals surface area contributed by atoms with Gasteiger partial charge in [0.1, 0.15) is 0 Å². The molecule has 1 aliphatic carbocycles. The van der Waals surface area contributed by atoms with Gasteiger partial charge in [0.25, 0.3) is 0 Å². The first-order chi connectivity index (χ1) is 7.09. The number of nitrogens with zero attached hydrogens (tertiary/aromatic N) is 2. The summed E-state index contributed by atoms with van der Waals surface area (Å²) >= 11 is 0. The van der Waals surface area contributed by atoms with E-state index >= 15 is 0 Å². The molecule has 1 unspecified atom stereocenters. The number of hydrogen-bond acceptors (Lipinski definition) is 2. The Labute approximate surface area is 91.9 Å². The van der Waals surface area contributed by atoms with Crippen molar-refractivity contribution >= 4 is 0 Å². The molecule has 0 amide bonds. The summed E-state index contributed by atoms with van der Waals surface area (Å²) in [6, 6.07) is 0.660. The van der Waals surface area contributed by atoms with E-state index in [2.05, 4.69) is 28.7 Å². The summed E-state index contributed by atoms with van der Waals surface area (Å²) in [4.78, 5) is 4.13. The van der Waals surface area contributed by atoms with E-state index in [0.717, 1.165) is 6.54 Å². The predicted molar refractivity (Wildman–Crippen MR) is 61.5 cm³/mol. The first-order valence-electron chi connectivity index (χ1n) is 5.78. The topological polar surface area (TPSA) is 29.9 Å². The largest absolute Gasteiger partial charge is 0.337 e. The van der Waals surface area contributed by atoms with Crippen LogP contribution in [0.5, 0.6) is 0 Å². The van der Waals surface area contributed by atoms with Gasteiger partial charge in [0.05, 0.1) is 12.0 Å². The smallest absolute Gasteiger partial charge is 0.0945 e. The summed E-state index contributed by atoms with van der Waals surface area (Å²) in [5.41, 5.74) is 1.72. The van der Waals surface area contributed by atoms with Crippen LogP contribution in [0.1, 0.15) is 38.8 Å². The number of aryl methyl sites for hydroxylation is 1. The molecule has 0 aromatic carbocycles. The monoisotopic (exact) mass is 207 g/mol. The summed E-state index contributed by atoms with van der Waals surface area (Å²) in [6.07, 6.45) is 7.81. The van der Waals surface area contributed by atoms with Crippen LogP contribution >= 0.6 is 0 Å². The van der Waals surface area contributed by atoms with E-state index in [4.69, 9.17) is 0 Å². The van der Waals surface area contributed by atoms with Crippen LogP contribution in [0.3, 0.4) is 0 Å². The minimum absolute atomic E-state index is 0.457. The number of nitrogens with one attached hydrogen (secondary N) is 1. The van der Waals surface area contributed by atoms with Gasteiger partial charge in [0.15, 0.2) is 0 Å². The second kappa shape index (κ2) is 3.97. The normalized spacial score (nSPS) is 24.6.